The van der Waals surface area contributed by atoms with Crippen LogP contribution in [0.3, 0.4) is 0 Å². The average Bonchev–Trinajstić information content (AvgIpc) is 3.55. The second-order valence-corrected chi connectivity index (χ2v) is 9.54. The van der Waals surface area contributed by atoms with Crippen LogP contribution >= 0.6 is 0 Å². The Balaban J connectivity index is 1.40. The largest absolute Gasteiger partial charge is 0.519 e. The number of benzene rings is 2. The lowest BCUT2D eigenvalue weighted by Gasteiger charge is -2.35. The maximum absolute atomic E-state index is 15.5. The number of carbonyl (C=O) groups is 1. The first-order valence-corrected chi connectivity index (χ1v) is 11.9. The third kappa shape index (κ3) is 4.24. The minimum absolute atomic E-state index is 0.0211. The van der Waals surface area contributed by atoms with Gasteiger partial charge in [-0.15, -0.1) is 0 Å². The molecule has 2 bridgehead atoms. The van der Waals surface area contributed by atoms with Crippen LogP contribution in [-0.4, -0.2) is 45.9 Å². The van der Waals surface area contributed by atoms with E-state index in [9.17, 15) is 23.2 Å². The number of aromatic nitrogens is 1. The first kappa shape index (κ1) is 24.8. The van der Waals surface area contributed by atoms with E-state index in [-0.39, 0.29) is 34.4 Å². The number of aryl methyl sites for hydroxylation is 1. The number of anilines is 1. The molecule has 13 heteroatoms. The van der Waals surface area contributed by atoms with Crippen molar-refractivity contribution in [3.05, 3.63) is 86.3 Å². The van der Waals surface area contributed by atoms with Gasteiger partial charge in [0.05, 0.1) is 35.0 Å². The highest BCUT2D eigenvalue weighted by Gasteiger charge is 2.44. The second-order valence-electron chi connectivity index (χ2n) is 9.54. The van der Waals surface area contributed by atoms with Crippen LogP contribution in [0.2, 0.25) is 0 Å². The van der Waals surface area contributed by atoms with Crippen molar-refractivity contribution in [2.24, 2.45) is 0 Å². The van der Waals surface area contributed by atoms with Gasteiger partial charge in [0.2, 0.25) is 5.43 Å². The number of halogens is 3. The minimum atomic E-state index is -1.78. The van der Waals surface area contributed by atoms with Crippen molar-refractivity contribution in [3.63, 3.8) is 0 Å². The maximum atomic E-state index is 15.5. The molecule has 2 fully saturated rings. The molecule has 2 saturated heterocycles. The van der Waals surface area contributed by atoms with Crippen LogP contribution in [0.25, 0.3) is 16.6 Å². The van der Waals surface area contributed by atoms with Crippen molar-refractivity contribution in [2.75, 3.05) is 18.0 Å². The van der Waals surface area contributed by atoms with Crippen LogP contribution in [-0.2, 0) is 6.54 Å². The summed E-state index contributed by atoms with van der Waals surface area (Å²) in [5.74, 6) is -3.15. The normalized spacial score (nSPS) is 18.8. The fourth-order valence-corrected chi connectivity index (χ4v) is 5.51. The van der Waals surface area contributed by atoms with Crippen molar-refractivity contribution in [2.45, 2.75) is 32.0 Å². The van der Waals surface area contributed by atoms with E-state index in [1.165, 1.54) is 6.07 Å². The Labute approximate surface area is 217 Å². The number of hydrogen-bond donors (Lipinski definition) is 1. The molecule has 2 aliphatic heterocycles. The number of nitrogens with zero attached hydrogens (tertiary/aromatic N) is 3. The summed E-state index contributed by atoms with van der Waals surface area (Å²) in [7, 11) is 0. The van der Waals surface area contributed by atoms with Gasteiger partial charge in [-0.25, -0.2) is 22.8 Å². The molecule has 2 atom stereocenters. The molecule has 0 radical (unpaired) electrons. The van der Waals surface area contributed by atoms with Gasteiger partial charge in [-0.3, -0.25) is 9.69 Å². The van der Waals surface area contributed by atoms with Gasteiger partial charge in [-0.1, -0.05) is 0 Å². The summed E-state index contributed by atoms with van der Waals surface area (Å²) in [6, 6.07) is 5.04. The Kier molecular flexibility index (Phi) is 5.75. The Hall–Kier alpha value is -4.52. The number of ether oxygens (including phenoxy) is 1. The Morgan fingerprint density at radius 2 is 1.82 bits per heavy atom. The molecule has 10 nitrogen and oxygen atoms in total. The summed E-state index contributed by atoms with van der Waals surface area (Å²) >= 11 is 0. The highest BCUT2D eigenvalue weighted by molar-refractivity contribution is 5.86. The Morgan fingerprint density at radius 1 is 1.05 bits per heavy atom. The highest BCUT2D eigenvalue weighted by Crippen LogP contribution is 2.38. The Morgan fingerprint density at radius 3 is 2.46 bits per heavy atom. The van der Waals surface area contributed by atoms with Gasteiger partial charge in [0.15, 0.2) is 11.5 Å². The average molecular weight is 543 g/mol. The van der Waals surface area contributed by atoms with Crippen molar-refractivity contribution < 1.29 is 36.6 Å². The topological polar surface area (TPSA) is 118 Å². The molecule has 2 aliphatic rings. The first-order valence-electron chi connectivity index (χ1n) is 11.9. The molecule has 202 valence electrons. The molecule has 0 amide bonds. The smallest absolute Gasteiger partial charge is 0.449 e. The number of piperazine rings is 1. The maximum Gasteiger partial charge on any atom is 0.519 e. The van der Waals surface area contributed by atoms with Crippen LogP contribution < -0.4 is 20.9 Å². The molecule has 6 rings (SSSR count). The van der Waals surface area contributed by atoms with Gasteiger partial charge in [0.25, 0.3) is 0 Å². The van der Waals surface area contributed by atoms with Crippen LogP contribution in [0, 0.1) is 24.4 Å². The Bertz CT molecular complexity index is 1760. The van der Waals surface area contributed by atoms with E-state index in [0.29, 0.717) is 43.6 Å². The summed E-state index contributed by atoms with van der Waals surface area (Å²) in [6.45, 7) is 2.98. The molecule has 2 aromatic heterocycles. The van der Waals surface area contributed by atoms with E-state index in [1.807, 2.05) is 4.90 Å². The summed E-state index contributed by atoms with van der Waals surface area (Å²) in [6.07, 6.45) is -0.0868. The summed E-state index contributed by atoms with van der Waals surface area (Å²) in [5, 5.41) is 8.80. The highest BCUT2D eigenvalue weighted by atomic mass is 19.1. The van der Waals surface area contributed by atoms with Gasteiger partial charge in [-0.05, 0) is 37.6 Å². The summed E-state index contributed by atoms with van der Waals surface area (Å²) < 4.78 is 59.6. The fourth-order valence-electron chi connectivity index (χ4n) is 5.51. The van der Waals surface area contributed by atoms with Crippen molar-refractivity contribution in [1.29, 1.82) is 0 Å². The van der Waals surface area contributed by atoms with Gasteiger partial charge >= 0.3 is 12.0 Å². The lowest BCUT2D eigenvalue weighted by Crippen LogP contribution is -2.46. The molecule has 39 heavy (non-hydrogen) atoms. The monoisotopic (exact) mass is 543 g/mol. The number of carboxylic acid groups (broad SMARTS) is 1. The van der Waals surface area contributed by atoms with E-state index >= 15 is 4.39 Å². The van der Waals surface area contributed by atoms with Gasteiger partial charge in [0, 0.05) is 31.2 Å². The zero-order valence-electron chi connectivity index (χ0n) is 20.3. The number of fused-ring (bicyclic) bond motifs is 3. The molecule has 4 heterocycles. The zero-order chi connectivity index (χ0) is 27.6. The van der Waals surface area contributed by atoms with E-state index in [1.54, 1.807) is 6.92 Å². The van der Waals surface area contributed by atoms with Crippen molar-refractivity contribution >= 4 is 22.7 Å². The van der Waals surface area contributed by atoms with Crippen LogP contribution in [0.15, 0.2) is 55.0 Å². The van der Waals surface area contributed by atoms with E-state index in [2.05, 4.69) is 9.64 Å². The third-order valence-corrected chi connectivity index (χ3v) is 7.25. The molecule has 2 unspecified atom stereocenters. The number of likely N-dealkylation sites (tertiary alicyclic amines) is 1. The number of pyridine rings is 1. The standard InChI is InChI=1S/C26H20F3N3O7/c1-12-22(39-26(36)37-12)10-30-8-15-5-14(30)9-31(15)21-7-20-16(6-18(21)29)24(33)23(38-25(34)35)11-32(20)19-3-2-13(27)4-17(19)28/h2-4,6-7,11,14-15H,5,8-10H2,1H3,(H,34,35). The predicted molar refractivity (Wildman–Crippen MR) is 130 cm³/mol. The quantitative estimate of drug-likeness (QED) is 0.375. The van der Waals surface area contributed by atoms with Crippen LogP contribution in [0.1, 0.15) is 17.9 Å². The minimum Gasteiger partial charge on any atom is -0.449 e. The molecular weight excluding hydrogens is 523 g/mol. The van der Waals surface area contributed by atoms with Gasteiger partial charge in [-0.2, -0.15) is 0 Å². The summed E-state index contributed by atoms with van der Waals surface area (Å²) in [4.78, 5) is 39.5. The molecule has 0 saturated carbocycles. The van der Waals surface area contributed by atoms with Crippen molar-refractivity contribution in [3.8, 4) is 11.4 Å². The number of rotatable bonds is 5. The third-order valence-electron chi connectivity index (χ3n) is 7.25. The SMILES string of the molecule is Cc1oc(=O)oc1CN1CC2CC1CN2c1cc2c(cc1F)c(=O)c(OC(=O)O)cn2-c1ccc(F)cc1F. The second kappa shape index (κ2) is 9.05. The lowest BCUT2D eigenvalue weighted by atomic mass is 10.1. The number of hydrogen-bond acceptors (Lipinski definition) is 8. The summed E-state index contributed by atoms with van der Waals surface area (Å²) in [5.41, 5.74) is -0.846. The van der Waals surface area contributed by atoms with Crippen molar-refractivity contribution in [1.82, 2.24) is 9.47 Å². The molecular formula is C26H20F3N3O7. The zero-order valence-corrected chi connectivity index (χ0v) is 20.3. The van der Waals surface area contributed by atoms with Gasteiger partial charge in [0.1, 0.15) is 23.2 Å². The van der Waals surface area contributed by atoms with Crippen LogP contribution in [0.5, 0.6) is 5.75 Å². The molecule has 4 aromatic rings. The van der Waals surface area contributed by atoms with Crippen LogP contribution in [0.4, 0.5) is 23.7 Å². The van der Waals surface area contributed by atoms with Gasteiger partial charge < -0.3 is 28.1 Å². The van der Waals surface area contributed by atoms with E-state index in [4.69, 9.17) is 13.9 Å². The fraction of sp³-hybridized carbons (Fsp3) is 0.269. The molecule has 1 N–H and O–H groups in total. The predicted octanol–water partition coefficient (Wildman–Crippen LogP) is 3.78. The lowest BCUT2D eigenvalue weighted by molar-refractivity contribution is 0.144. The van der Waals surface area contributed by atoms with E-state index < -0.39 is 40.6 Å². The molecule has 0 spiro atoms. The molecule has 2 aromatic carbocycles. The van der Waals surface area contributed by atoms with E-state index in [0.717, 1.165) is 29.0 Å². The first-order chi connectivity index (χ1) is 18.6. The molecule has 0 aliphatic carbocycles.